The largest absolute Gasteiger partial charge is 0.445 e. The Hall–Kier alpha value is -4.27. The Labute approximate surface area is 214 Å². The molecule has 2 atom stereocenters. The van der Waals surface area contributed by atoms with Crippen LogP contribution in [0.15, 0.2) is 66.4 Å². The van der Waals surface area contributed by atoms with Gasteiger partial charge in [0, 0.05) is 22.7 Å². The zero-order valence-corrected chi connectivity index (χ0v) is 21.2. The average Bonchev–Trinajstić information content (AvgIpc) is 3.33. The maximum Gasteiger partial charge on any atom is 0.426 e. The first-order chi connectivity index (χ1) is 17.6. The highest BCUT2D eigenvalue weighted by Crippen LogP contribution is 2.47. The fourth-order valence-corrected chi connectivity index (χ4v) is 4.91. The van der Waals surface area contributed by atoms with Crippen molar-refractivity contribution in [3.05, 3.63) is 83.1 Å². The minimum Gasteiger partial charge on any atom is -0.445 e. The van der Waals surface area contributed by atoms with Crippen LogP contribution in [0, 0.1) is 0 Å². The number of nitrogens with zero attached hydrogens (tertiary/aromatic N) is 1. The lowest BCUT2D eigenvalue weighted by atomic mass is 9.76. The molecule has 0 bridgehead atoms. The highest BCUT2D eigenvalue weighted by atomic mass is 16.6. The molecular weight excluding hydrogens is 474 g/mol. The highest BCUT2D eigenvalue weighted by molar-refractivity contribution is 5.96. The summed E-state index contributed by atoms with van der Waals surface area (Å²) in [5.41, 5.74) is 4.51. The number of hydrogen-bond donors (Lipinski definition) is 2. The summed E-state index contributed by atoms with van der Waals surface area (Å²) in [6, 6.07) is 14.3. The normalized spacial score (nSPS) is 20.4. The van der Waals surface area contributed by atoms with Crippen LogP contribution in [0.1, 0.15) is 44.4 Å². The molecular formula is C28H29N3O6. The highest BCUT2D eigenvalue weighted by Gasteiger charge is 2.51. The van der Waals surface area contributed by atoms with Crippen LogP contribution in [0.3, 0.4) is 0 Å². The monoisotopic (exact) mass is 503 g/mol. The van der Waals surface area contributed by atoms with Crippen LogP contribution in [0.4, 0.5) is 9.59 Å². The molecule has 9 nitrogen and oxygen atoms in total. The molecule has 1 aliphatic heterocycles. The third-order valence-corrected chi connectivity index (χ3v) is 6.40. The number of nitrogens with one attached hydrogen (secondary N) is 2. The molecule has 1 aromatic heterocycles. The molecule has 9 heteroatoms. The summed E-state index contributed by atoms with van der Waals surface area (Å²) < 4.78 is 18.4. The number of carbonyl (C=O) groups is 3. The maximum atomic E-state index is 12.9. The van der Waals surface area contributed by atoms with Crippen LogP contribution in [0.25, 0.3) is 10.9 Å². The lowest BCUT2D eigenvalue weighted by molar-refractivity contribution is -0.149. The van der Waals surface area contributed by atoms with E-state index in [-0.39, 0.29) is 6.61 Å². The molecule has 37 heavy (non-hydrogen) atoms. The maximum absolute atomic E-state index is 12.9. The van der Waals surface area contributed by atoms with Gasteiger partial charge < -0.3 is 19.5 Å². The molecule has 0 saturated carbocycles. The molecule has 1 spiro atoms. The zero-order chi connectivity index (χ0) is 26.4. The fraction of sp³-hybridized carbons (Fsp3) is 0.321. The van der Waals surface area contributed by atoms with E-state index in [4.69, 9.17) is 14.2 Å². The van der Waals surface area contributed by atoms with Crippen LogP contribution in [-0.2, 0) is 37.6 Å². The molecule has 2 heterocycles. The van der Waals surface area contributed by atoms with E-state index in [1.165, 1.54) is 0 Å². The standard InChI is InChI=1S/C28H29N3O6/c1-17-14-28(36-24(17)32)20-11-8-12-21-23(20)19(15-31(21)30-26(34)37-27(2,3)4)13-22(28)29-25(33)35-16-18-9-6-5-7-10-18/h5-12,14-15,22H,13,16H2,1-4H3,(H,29,33)(H,30,34)/t22-,28+/m1/s1. The second kappa shape index (κ2) is 8.99. The van der Waals surface area contributed by atoms with E-state index < -0.39 is 35.4 Å². The number of benzene rings is 2. The molecule has 5 rings (SSSR count). The second-order valence-electron chi connectivity index (χ2n) is 10.3. The Morgan fingerprint density at radius 2 is 1.86 bits per heavy atom. The van der Waals surface area contributed by atoms with Crippen LogP contribution in [0.5, 0.6) is 0 Å². The predicted octanol–water partition coefficient (Wildman–Crippen LogP) is 4.67. The third kappa shape index (κ3) is 4.64. The molecule has 2 aliphatic rings. The number of rotatable bonds is 4. The van der Waals surface area contributed by atoms with E-state index in [0.29, 0.717) is 12.0 Å². The van der Waals surface area contributed by atoms with Crippen molar-refractivity contribution in [2.24, 2.45) is 0 Å². The van der Waals surface area contributed by atoms with E-state index in [9.17, 15) is 14.4 Å². The van der Waals surface area contributed by atoms with Crippen molar-refractivity contribution in [1.82, 2.24) is 9.99 Å². The first kappa shape index (κ1) is 24.4. The fourth-order valence-electron chi connectivity index (χ4n) is 4.91. The number of fused-ring (bicyclic) bond motifs is 1. The Kier molecular flexibility index (Phi) is 5.94. The van der Waals surface area contributed by atoms with Crippen molar-refractivity contribution in [2.75, 3.05) is 5.43 Å². The first-order valence-electron chi connectivity index (χ1n) is 12.1. The lowest BCUT2D eigenvalue weighted by Crippen LogP contribution is -2.53. The van der Waals surface area contributed by atoms with E-state index in [1.54, 1.807) is 44.6 Å². The van der Waals surface area contributed by atoms with Crippen molar-refractivity contribution in [1.29, 1.82) is 0 Å². The minimum atomic E-state index is -1.21. The number of carbonyl (C=O) groups excluding carboxylic acids is 3. The molecule has 2 N–H and O–H groups in total. The topological polar surface area (TPSA) is 108 Å². The summed E-state index contributed by atoms with van der Waals surface area (Å²) in [5, 5.41) is 3.76. The quantitative estimate of drug-likeness (QED) is 0.396. The smallest absolute Gasteiger partial charge is 0.426 e. The van der Waals surface area contributed by atoms with Gasteiger partial charge in [-0.15, -0.1) is 0 Å². The van der Waals surface area contributed by atoms with Gasteiger partial charge in [-0.2, -0.15) is 0 Å². The molecule has 1 aliphatic carbocycles. The number of ether oxygens (including phenoxy) is 3. The second-order valence-corrected chi connectivity index (χ2v) is 10.3. The Morgan fingerprint density at radius 3 is 2.54 bits per heavy atom. The molecule has 192 valence electrons. The van der Waals surface area contributed by atoms with Gasteiger partial charge in [0.15, 0.2) is 5.60 Å². The van der Waals surface area contributed by atoms with Crippen LogP contribution in [0.2, 0.25) is 0 Å². The number of alkyl carbamates (subject to hydrolysis) is 1. The van der Waals surface area contributed by atoms with Crippen molar-refractivity contribution in [3.8, 4) is 0 Å². The van der Waals surface area contributed by atoms with Gasteiger partial charge in [0.05, 0.1) is 11.6 Å². The summed E-state index contributed by atoms with van der Waals surface area (Å²) in [5.74, 6) is -0.448. The first-order valence-corrected chi connectivity index (χ1v) is 12.1. The molecule has 0 radical (unpaired) electrons. The van der Waals surface area contributed by atoms with E-state index in [0.717, 1.165) is 27.6 Å². The van der Waals surface area contributed by atoms with Gasteiger partial charge in [-0.1, -0.05) is 42.5 Å². The summed E-state index contributed by atoms with van der Waals surface area (Å²) in [6.45, 7) is 7.17. The predicted molar refractivity (Wildman–Crippen MR) is 136 cm³/mol. The zero-order valence-electron chi connectivity index (χ0n) is 21.2. The van der Waals surface area contributed by atoms with Gasteiger partial charge in [-0.05, 0) is 57.4 Å². The van der Waals surface area contributed by atoms with Gasteiger partial charge in [0.25, 0.3) is 0 Å². The Bertz CT molecular complexity index is 1420. The van der Waals surface area contributed by atoms with Gasteiger partial charge in [-0.25, -0.2) is 19.8 Å². The molecule has 2 aromatic carbocycles. The van der Waals surface area contributed by atoms with Gasteiger partial charge >= 0.3 is 18.2 Å². The third-order valence-electron chi connectivity index (χ3n) is 6.40. The average molecular weight is 504 g/mol. The van der Waals surface area contributed by atoms with Crippen LogP contribution >= 0.6 is 0 Å². The van der Waals surface area contributed by atoms with Crippen molar-refractivity contribution < 1.29 is 28.6 Å². The number of amides is 2. The van der Waals surface area contributed by atoms with Crippen LogP contribution < -0.4 is 10.7 Å². The summed E-state index contributed by atoms with van der Waals surface area (Å²) >= 11 is 0. The van der Waals surface area contributed by atoms with Gasteiger partial charge in [-0.3, -0.25) is 4.68 Å². The van der Waals surface area contributed by atoms with E-state index in [1.807, 2.05) is 48.5 Å². The number of esters is 1. The summed E-state index contributed by atoms with van der Waals surface area (Å²) in [4.78, 5) is 37.9. The van der Waals surface area contributed by atoms with E-state index in [2.05, 4.69) is 10.7 Å². The van der Waals surface area contributed by atoms with Gasteiger partial charge in [0.2, 0.25) is 0 Å². The summed E-state index contributed by atoms with van der Waals surface area (Å²) in [7, 11) is 0. The van der Waals surface area contributed by atoms with Crippen molar-refractivity contribution in [2.45, 2.75) is 58.0 Å². The SMILES string of the molecule is CC1=C[C@]2(OC1=O)c1cccc3c1c(cn3NC(=O)OC(C)(C)C)C[C@H]2NC(=O)OCc1ccccc1. The molecule has 0 fully saturated rings. The molecule has 3 aromatic rings. The van der Waals surface area contributed by atoms with Crippen molar-refractivity contribution >= 4 is 29.1 Å². The van der Waals surface area contributed by atoms with Gasteiger partial charge in [0.1, 0.15) is 12.2 Å². The Morgan fingerprint density at radius 1 is 1.11 bits per heavy atom. The summed E-state index contributed by atoms with van der Waals surface area (Å²) in [6.07, 6.45) is 2.67. The van der Waals surface area contributed by atoms with Crippen molar-refractivity contribution in [3.63, 3.8) is 0 Å². The molecule has 2 amide bonds. The molecule has 0 unspecified atom stereocenters. The Balaban J connectivity index is 1.48. The molecule has 0 saturated heterocycles. The van der Waals surface area contributed by atoms with E-state index >= 15 is 0 Å². The lowest BCUT2D eigenvalue weighted by Gasteiger charge is -2.39. The minimum absolute atomic E-state index is 0.109. The number of hydrogen-bond acceptors (Lipinski definition) is 6. The van der Waals surface area contributed by atoms with Crippen LogP contribution in [-0.4, -0.2) is 34.5 Å². The number of aromatic nitrogens is 1.